The zero-order valence-corrected chi connectivity index (χ0v) is 18.6. The van der Waals surface area contributed by atoms with Crippen molar-refractivity contribution in [2.75, 3.05) is 19.6 Å². The molecule has 1 unspecified atom stereocenters. The molecule has 4 rings (SSSR count). The van der Waals surface area contributed by atoms with Gasteiger partial charge in [-0.1, -0.05) is 42.5 Å². The molecule has 170 valence electrons. The van der Waals surface area contributed by atoms with Crippen LogP contribution < -0.4 is 5.32 Å². The number of hydrogen-bond acceptors (Lipinski definition) is 4. The largest absolute Gasteiger partial charge is 0.356 e. The maximum absolute atomic E-state index is 14.2. The number of rotatable bonds is 6. The highest BCUT2D eigenvalue weighted by Gasteiger charge is 2.43. The van der Waals surface area contributed by atoms with E-state index in [9.17, 15) is 14.0 Å². The van der Waals surface area contributed by atoms with E-state index in [0.717, 1.165) is 17.5 Å². The minimum atomic E-state index is -0.744. The van der Waals surface area contributed by atoms with Crippen LogP contribution in [0.1, 0.15) is 35.8 Å². The second-order valence-electron chi connectivity index (χ2n) is 8.41. The first kappa shape index (κ1) is 22.6. The number of benzene rings is 2. The molecule has 1 atom stereocenters. The maximum atomic E-state index is 14.2. The number of carbonyl (C=O) groups excluding carboxylic acids is 2. The molecule has 1 aliphatic heterocycles. The fourth-order valence-corrected chi connectivity index (χ4v) is 4.52. The first-order valence-electron chi connectivity index (χ1n) is 11.2. The lowest BCUT2D eigenvalue weighted by molar-refractivity contribution is -0.133. The summed E-state index contributed by atoms with van der Waals surface area (Å²) in [7, 11) is 0. The molecule has 2 amide bonds. The number of nitrogens with zero attached hydrogens (tertiary/aromatic N) is 3. The molecule has 0 aliphatic carbocycles. The first-order valence-corrected chi connectivity index (χ1v) is 11.2. The molecule has 1 saturated heterocycles. The summed E-state index contributed by atoms with van der Waals surface area (Å²) < 4.78 is 14.2. The van der Waals surface area contributed by atoms with Crippen LogP contribution in [0.15, 0.2) is 67.1 Å². The third-order valence-corrected chi connectivity index (χ3v) is 6.15. The van der Waals surface area contributed by atoms with Gasteiger partial charge in [0, 0.05) is 37.6 Å². The molecule has 2 aromatic carbocycles. The van der Waals surface area contributed by atoms with Gasteiger partial charge in [-0.2, -0.15) is 0 Å². The van der Waals surface area contributed by atoms with Crippen LogP contribution in [0.2, 0.25) is 0 Å². The molecule has 0 bridgehead atoms. The molecule has 1 aliphatic rings. The number of aromatic nitrogens is 2. The summed E-state index contributed by atoms with van der Waals surface area (Å²) >= 11 is 0. The highest BCUT2D eigenvalue weighted by atomic mass is 19.1. The normalized spacial score (nSPS) is 18.1. The van der Waals surface area contributed by atoms with Crippen LogP contribution in [0, 0.1) is 11.2 Å². The van der Waals surface area contributed by atoms with Crippen LogP contribution in [-0.2, 0) is 11.2 Å². The van der Waals surface area contributed by atoms with E-state index >= 15 is 0 Å². The third-order valence-electron chi connectivity index (χ3n) is 6.15. The van der Waals surface area contributed by atoms with Crippen molar-refractivity contribution < 1.29 is 14.0 Å². The summed E-state index contributed by atoms with van der Waals surface area (Å²) in [5.41, 5.74) is 1.83. The van der Waals surface area contributed by atoms with Gasteiger partial charge in [-0.15, -0.1) is 0 Å². The van der Waals surface area contributed by atoms with Gasteiger partial charge in [-0.3, -0.25) is 14.6 Å². The first-order chi connectivity index (χ1) is 16.0. The van der Waals surface area contributed by atoms with Crippen LogP contribution in [0.3, 0.4) is 0 Å². The Morgan fingerprint density at radius 1 is 1.12 bits per heavy atom. The van der Waals surface area contributed by atoms with E-state index in [4.69, 9.17) is 0 Å². The summed E-state index contributed by atoms with van der Waals surface area (Å²) in [4.78, 5) is 36.1. The van der Waals surface area contributed by atoms with Crippen molar-refractivity contribution in [3.8, 4) is 11.1 Å². The fraction of sp³-hybridized carbons (Fsp3) is 0.308. The van der Waals surface area contributed by atoms with Gasteiger partial charge < -0.3 is 10.2 Å². The minimum Gasteiger partial charge on any atom is -0.356 e. The molecule has 1 N–H and O–H groups in total. The molecule has 6 nitrogen and oxygen atoms in total. The summed E-state index contributed by atoms with van der Waals surface area (Å²) in [6, 6.07) is 14.3. The van der Waals surface area contributed by atoms with Crippen LogP contribution in [0.4, 0.5) is 4.39 Å². The van der Waals surface area contributed by atoms with Crippen LogP contribution in [0.5, 0.6) is 0 Å². The number of likely N-dealkylation sites (tertiary alicyclic amines) is 1. The fourth-order valence-electron chi connectivity index (χ4n) is 4.52. The summed E-state index contributed by atoms with van der Waals surface area (Å²) in [6.45, 7) is 3.29. The molecule has 1 fully saturated rings. The average molecular weight is 447 g/mol. The monoisotopic (exact) mass is 446 g/mol. The lowest BCUT2D eigenvalue weighted by Crippen LogP contribution is -2.54. The molecule has 7 heteroatoms. The Kier molecular flexibility index (Phi) is 6.77. The number of halogens is 1. The standard InChI is InChI=1S/C26H27FN4O2/c1-2-29-25(33)26(12-5-15-31(18-26)24(32)23-17-28-13-14-30-23)16-19-8-10-20(11-9-19)21-6-3-4-7-22(21)27/h3-4,6-11,13-14,17H,2,5,12,15-16,18H2,1H3,(H,29,33). The zero-order valence-electron chi connectivity index (χ0n) is 18.6. The van der Waals surface area contributed by atoms with Gasteiger partial charge in [0.2, 0.25) is 5.91 Å². The topological polar surface area (TPSA) is 75.2 Å². The highest BCUT2D eigenvalue weighted by Crippen LogP contribution is 2.35. The molecule has 0 saturated carbocycles. The summed E-state index contributed by atoms with van der Waals surface area (Å²) in [5, 5.41) is 2.97. The minimum absolute atomic E-state index is 0.0557. The van der Waals surface area contributed by atoms with Crippen molar-refractivity contribution in [1.82, 2.24) is 20.2 Å². The molecule has 1 aromatic heterocycles. The highest BCUT2D eigenvalue weighted by molar-refractivity contribution is 5.93. The van der Waals surface area contributed by atoms with Gasteiger partial charge in [0.15, 0.2) is 0 Å². The molecule has 0 spiro atoms. The Balaban J connectivity index is 1.59. The van der Waals surface area contributed by atoms with Crippen molar-refractivity contribution in [3.63, 3.8) is 0 Å². The average Bonchev–Trinajstić information content (AvgIpc) is 2.85. The Morgan fingerprint density at radius 2 is 1.91 bits per heavy atom. The Labute approximate surface area is 192 Å². The van der Waals surface area contributed by atoms with E-state index < -0.39 is 5.41 Å². The summed E-state index contributed by atoms with van der Waals surface area (Å²) in [6.07, 6.45) is 6.35. The second-order valence-corrected chi connectivity index (χ2v) is 8.41. The van der Waals surface area contributed by atoms with E-state index in [2.05, 4.69) is 15.3 Å². The van der Waals surface area contributed by atoms with Crippen molar-refractivity contribution in [3.05, 3.63) is 84.2 Å². The molecule has 3 aromatic rings. The van der Waals surface area contributed by atoms with Gasteiger partial charge in [0.1, 0.15) is 11.5 Å². The quantitative estimate of drug-likeness (QED) is 0.624. The predicted octanol–water partition coefficient (Wildman–Crippen LogP) is 3.88. The van der Waals surface area contributed by atoms with Crippen molar-refractivity contribution >= 4 is 11.8 Å². The lowest BCUT2D eigenvalue weighted by Gasteiger charge is -2.41. The molecule has 33 heavy (non-hydrogen) atoms. The van der Waals surface area contributed by atoms with Gasteiger partial charge in [-0.05, 0) is 43.4 Å². The Hall–Kier alpha value is -3.61. The van der Waals surface area contributed by atoms with Crippen LogP contribution in [-0.4, -0.2) is 46.3 Å². The zero-order chi connectivity index (χ0) is 23.3. The molecular formula is C26H27FN4O2. The number of amides is 2. The van der Waals surface area contributed by atoms with Gasteiger partial charge in [-0.25, -0.2) is 9.37 Å². The number of carbonyl (C=O) groups is 2. The van der Waals surface area contributed by atoms with Gasteiger partial charge in [0.05, 0.1) is 11.6 Å². The smallest absolute Gasteiger partial charge is 0.274 e. The van der Waals surface area contributed by atoms with E-state index in [0.29, 0.717) is 38.0 Å². The van der Waals surface area contributed by atoms with E-state index in [1.54, 1.807) is 23.1 Å². The maximum Gasteiger partial charge on any atom is 0.274 e. The van der Waals surface area contributed by atoms with Gasteiger partial charge >= 0.3 is 0 Å². The second kappa shape index (κ2) is 9.90. The van der Waals surface area contributed by atoms with Crippen LogP contribution >= 0.6 is 0 Å². The molecule has 2 heterocycles. The predicted molar refractivity (Wildman–Crippen MR) is 124 cm³/mol. The Morgan fingerprint density at radius 3 is 2.61 bits per heavy atom. The number of piperidine rings is 1. The van der Waals surface area contributed by atoms with Crippen molar-refractivity contribution in [1.29, 1.82) is 0 Å². The van der Waals surface area contributed by atoms with Crippen molar-refractivity contribution in [2.24, 2.45) is 5.41 Å². The van der Waals surface area contributed by atoms with Crippen LogP contribution in [0.25, 0.3) is 11.1 Å². The Bertz CT molecular complexity index is 1120. The van der Waals surface area contributed by atoms with E-state index in [1.807, 2.05) is 31.2 Å². The van der Waals surface area contributed by atoms with Crippen molar-refractivity contribution in [2.45, 2.75) is 26.2 Å². The summed E-state index contributed by atoms with van der Waals surface area (Å²) in [5.74, 6) is -0.541. The third kappa shape index (κ3) is 4.92. The SMILES string of the molecule is CCNC(=O)C1(Cc2ccc(-c3ccccc3F)cc2)CCCN(C(=O)c2cnccn2)C1. The van der Waals surface area contributed by atoms with E-state index in [-0.39, 0.29) is 23.3 Å². The van der Waals surface area contributed by atoms with Gasteiger partial charge in [0.25, 0.3) is 5.91 Å². The molecule has 0 radical (unpaired) electrons. The lowest BCUT2D eigenvalue weighted by atomic mass is 9.74. The van der Waals surface area contributed by atoms with E-state index in [1.165, 1.54) is 24.7 Å². The molecular weight excluding hydrogens is 419 g/mol. The number of hydrogen-bond donors (Lipinski definition) is 1. The number of nitrogens with one attached hydrogen (secondary N) is 1.